The fourth-order valence-corrected chi connectivity index (χ4v) is 4.29. The summed E-state index contributed by atoms with van der Waals surface area (Å²) in [5.74, 6) is -0.879. The molecule has 164 valence electrons. The molecule has 1 atom stereocenters. The number of alkyl halides is 2. The standard InChI is InChI=1S/C26H28F2O3/c1-6-15-8-13-18(16-9-11-17(12-10-16)23(27)28)14-19(15)20-21(29)25(3,4)24(31)26(5,7-2)22(20)30/h8-14,23,29H,6-7H2,1-5H3. The lowest BCUT2D eigenvalue weighted by Crippen LogP contribution is -2.49. The van der Waals surface area contributed by atoms with E-state index in [0.717, 1.165) is 16.7 Å². The van der Waals surface area contributed by atoms with Gasteiger partial charge in [0.2, 0.25) is 0 Å². The van der Waals surface area contributed by atoms with Gasteiger partial charge in [-0.05, 0) is 61.9 Å². The summed E-state index contributed by atoms with van der Waals surface area (Å²) in [6.45, 7) is 8.68. The maximum atomic E-state index is 13.5. The average Bonchev–Trinajstić information content (AvgIpc) is 2.77. The van der Waals surface area contributed by atoms with Gasteiger partial charge in [-0.3, -0.25) is 9.59 Å². The van der Waals surface area contributed by atoms with Gasteiger partial charge in [0.05, 0.1) is 16.4 Å². The molecule has 2 aromatic rings. The second-order valence-corrected chi connectivity index (χ2v) is 8.84. The monoisotopic (exact) mass is 426 g/mol. The fraction of sp³-hybridized carbons (Fsp3) is 0.385. The SMILES string of the molecule is CCc1ccc(-c2ccc(C(F)F)cc2)cc1C1=C(O)C(C)(C)C(=O)C(C)(CC)C1=O. The largest absolute Gasteiger partial charge is 0.510 e. The summed E-state index contributed by atoms with van der Waals surface area (Å²) < 4.78 is 25.8. The van der Waals surface area contributed by atoms with E-state index in [1.54, 1.807) is 39.8 Å². The molecule has 31 heavy (non-hydrogen) atoms. The van der Waals surface area contributed by atoms with E-state index in [1.807, 2.05) is 25.1 Å². The molecular weight excluding hydrogens is 398 g/mol. The van der Waals surface area contributed by atoms with Gasteiger partial charge < -0.3 is 5.11 Å². The van der Waals surface area contributed by atoms with Crippen molar-refractivity contribution in [3.8, 4) is 11.1 Å². The molecule has 5 heteroatoms. The highest BCUT2D eigenvalue weighted by Crippen LogP contribution is 2.48. The highest BCUT2D eigenvalue weighted by molar-refractivity contribution is 6.34. The first kappa shape index (κ1) is 22.9. The Kier molecular flexibility index (Phi) is 5.92. The van der Waals surface area contributed by atoms with Crippen LogP contribution in [-0.2, 0) is 16.0 Å². The van der Waals surface area contributed by atoms with Crippen LogP contribution < -0.4 is 0 Å². The maximum Gasteiger partial charge on any atom is 0.263 e. The van der Waals surface area contributed by atoms with Crippen LogP contribution in [0.3, 0.4) is 0 Å². The summed E-state index contributed by atoms with van der Waals surface area (Å²) in [6.07, 6.45) is -1.58. The van der Waals surface area contributed by atoms with Crippen LogP contribution in [0.4, 0.5) is 8.78 Å². The van der Waals surface area contributed by atoms with Crippen molar-refractivity contribution in [3.63, 3.8) is 0 Å². The van der Waals surface area contributed by atoms with E-state index in [4.69, 9.17) is 0 Å². The van der Waals surface area contributed by atoms with Crippen LogP contribution in [0.25, 0.3) is 16.7 Å². The minimum Gasteiger partial charge on any atom is -0.510 e. The normalized spacial score (nSPS) is 21.2. The molecule has 0 aliphatic heterocycles. The first-order valence-electron chi connectivity index (χ1n) is 10.5. The summed E-state index contributed by atoms with van der Waals surface area (Å²) >= 11 is 0. The van der Waals surface area contributed by atoms with Gasteiger partial charge >= 0.3 is 0 Å². The molecule has 0 saturated carbocycles. The number of ketones is 2. The van der Waals surface area contributed by atoms with Gasteiger partial charge in [-0.2, -0.15) is 0 Å². The highest BCUT2D eigenvalue weighted by atomic mass is 19.3. The number of carbonyl (C=O) groups is 2. The molecule has 0 spiro atoms. The van der Waals surface area contributed by atoms with Crippen molar-refractivity contribution in [2.24, 2.45) is 10.8 Å². The lowest BCUT2D eigenvalue weighted by atomic mass is 9.60. The van der Waals surface area contributed by atoms with Gasteiger partial charge in [-0.25, -0.2) is 8.78 Å². The quantitative estimate of drug-likeness (QED) is 0.540. The minimum absolute atomic E-state index is 0.0593. The van der Waals surface area contributed by atoms with Crippen LogP contribution in [0.5, 0.6) is 0 Å². The Morgan fingerprint density at radius 1 is 0.935 bits per heavy atom. The van der Waals surface area contributed by atoms with Crippen molar-refractivity contribution in [1.82, 2.24) is 0 Å². The van der Waals surface area contributed by atoms with Crippen LogP contribution in [0.15, 0.2) is 48.2 Å². The van der Waals surface area contributed by atoms with Gasteiger partial charge in [0.1, 0.15) is 5.76 Å². The Balaban J connectivity index is 2.23. The minimum atomic E-state index is -2.54. The number of carbonyl (C=O) groups excluding carboxylic acids is 2. The second kappa shape index (κ2) is 8.03. The molecule has 0 radical (unpaired) electrons. The predicted molar refractivity (Wildman–Crippen MR) is 118 cm³/mol. The van der Waals surface area contributed by atoms with Crippen molar-refractivity contribution < 1.29 is 23.5 Å². The summed E-state index contributed by atoms with van der Waals surface area (Å²) in [6, 6.07) is 11.6. The number of halogens is 2. The lowest BCUT2D eigenvalue weighted by molar-refractivity contribution is -0.144. The van der Waals surface area contributed by atoms with Gasteiger partial charge in [0.15, 0.2) is 11.6 Å². The Bertz CT molecular complexity index is 1060. The van der Waals surface area contributed by atoms with Crippen molar-refractivity contribution >= 4 is 17.1 Å². The molecule has 1 N–H and O–H groups in total. The third-order valence-electron chi connectivity index (χ3n) is 6.59. The van der Waals surface area contributed by atoms with E-state index >= 15 is 0 Å². The zero-order valence-electron chi connectivity index (χ0n) is 18.6. The van der Waals surface area contributed by atoms with Crippen molar-refractivity contribution in [2.45, 2.75) is 53.9 Å². The molecule has 1 aliphatic rings. The zero-order chi connectivity index (χ0) is 23.1. The third-order valence-corrected chi connectivity index (χ3v) is 6.59. The molecule has 3 nitrogen and oxygen atoms in total. The number of aliphatic hydroxyl groups excluding tert-OH is 1. The van der Waals surface area contributed by atoms with Gasteiger partial charge in [-0.1, -0.05) is 50.2 Å². The smallest absolute Gasteiger partial charge is 0.263 e. The number of hydrogen-bond donors (Lipinski definition) is 1. The van der Waals surface area contributed by atoms with E-state index in [2.05, 4.69) is 0 Å². The molecular formula is C26H28F2O3. The molecule has 0 saturated heterocycles. The predicted octanol–water partition coefficient (Wildman–Crippen LogP) is 6.72. The Morgan fingerprint density at radius 2 is 1.52 bits per heavy atom. The number of Topliss-reactive ketones (excluding diaryl/α,β-unsaturated/α-hetero) is 2. The zero-order valence-corrected chi connectivity index (χ0v) is 18.6. The molecule has 0 bridgehead atoms. The Labute approximate surface area is 181 Å². The molecule has 1 aliphatic carbocycles. The average molecular weight is 427 g/mol. The molecule has 1 unspecified atom stereocenters. The first-order chi connectivity index (χ1) is 14.5. The van der Waals surface area contributed by atoms with E-state index in [-0.39, 0.29) is 28.5 Å². The maximum absolute atomic E-state index is 13.5. The molecule has 0 aromatic heterocycles. The summed E-state index contributed by atoms with van der Waals surface area (Å²) in [5, 5.41) is 11.1. The van der Waals surface area contributed by atoms with Gasteiger partial charge in [0.25, 0.3) is 6.43 Å². The van der Waals surface area contributed by atoms with Crippen molar-refractivity contribution in [2.75, 3.05) is 0 Å². The number of aryl methyl sites for hydroxylation is 1. The Hall–Kier alpha value is -2.82. The van der Waals surface area contributed by atoms with E-state index in [9.17, 15) is 23.5 Å². The topological polar surface area (TPSA) is 54.4 Å². The molecule has 0 amide bonds. The van der Waals surface area contributed by atoms with Crippen LogP contribution in [0.1, 0.15) is 64.2 Å². The van der Waals surface area contributed by atoms with Crippen molar-refractivity contribution in [1.29, 1.82) is 0 Å². The number of benzene rings is 2. The van der Waals surface area contributed by atoms with Crippen LogP contribution in [-0.4, -0.2) is 16.7 Å². The summed E-state index contributed by atoms with van der Waals surface area (Å²) in [4.78, 5) is 26.6. The lowest BCUT2D eigenvalue weighted by Gasteiger charge is -2.40. The van der Waals surface area contributed by atoms with Crippen LogP contribution >= 0.6 is 0 Å². The molecule has 2 aromatic carbocycles. The number of hydrogen-bond acceptors (Lipinski definition) is 3. The number of rotatable bonds is 5. The van der Waals surface area contributed by atoms with E-state index in [0.29, 0.717) is 18.4 Å². The molecule has 3 rings (SSSR count). The fourth-order valence-electron chi connectivity index (χ4n) is 4.29. The molecule has 0 heterocycles. The first-order valence-corrected chi connectivity index (χ1v) is 10.5. The van der Waals surface area contributed by atoms with Gasteiger partial charge in [-0.15, -0.1) is 0 Å². The van der Waals surface area contributed by atoms with Crippen molar-refractivity contribution in [3.05, 3.63) is 64.9 Å². The summed E-state index contributed by atoms with van der Waals surface area (Å²) in [5.41, 5.74) is 0.637. The van der Waals surface area contributed by atoms with Crippen LogP contribution in [0, 0.1) is 10.8 Å². The number of aliphatic hydroxyl groups is 1. The highest BCUT2D eigenvalue weighted by Gasteiger charge is 2.55. The Morgan fingerprint density at radius 3 is 2.03 bits per heavy atom. The van der Waals surface area contributed by atoms with E-state index in [1.165, 1.54) is 12.1 Å². The third kappa shape index (κ3) is 3.60. The second-order valence-electron chi connectivity index (χ2n) is 8.84. The number of allylic oxidation sites excluding steroid dienone is 2. The van der Waals surface area contributed by atoms with E-state index < -0.39 is 17.3 Å². The molecule has 0 fully saturated rings. The summed E-state index contributed by atoms with van der Waals surface area (Å²) in [7, 11) is 0. The van der Waals surface area contributed by atoms with Crippen LogP contribution in [0.2, 0.25) is 0 Å². The van der Waals surface area contributed by atoms with Gasteiger partial charge in [0, 0.05) is 5.56 Å².